The van der Waals surface area contributed by atoms with Gasteiger partial charge < -0.3 is 24.8 Å². The van der Waals surface area contributed by atoms with Crippen molar-refractivity contribution in [3.63, 3.8) is 0 Å². The minimum Gasteiger partial charge on any atom is -0.494 e. The van der Waals surface area contributed by atoms with Crippen LogP contribution in [0.4, 0.5) is 11.4 Å². The highest BCUT2D eigenvalue weighted by Crippen LogP contribution is 2.45. The molecule has 0 saturated carbocycles. The molecular weight excluding hydrogens is 530 g/mol. The summed E-state index contributed by atoms with van der Waals surface area (Å²) in [5, 5.41) is 7.09. The Labute approximate surface area is 247 Å². The van der Waals surface area contributed by atoms with E-state index in [4.69, 9.17) is 21.9 Å². The SMILES string of the molecule is CCC(=O)Nc1ccc(N2C(=S)NC(c3ccccn3)C2c2cc(C)n(-c3c(C)cc(C)cc3C)c2C)cc1OC. The summed E-state index contributed by atoms with van der Waals surface area (Å²) in [6, 6.07) is 18.1. The summed E-state index contributed by atoms with van der Waals surface area (Å²) in [6.45, 7) is 12.6. The number of thiocarbonyl (C=S) groups is 1. The third-order valence-corrected chi connectivity index (χ3v) is 8.12. The van der Waals surface area contributed by atoms with E-state index in [0.717, 1.165) is 28.3 Å². The number of aryl methyl sites for hydroxylation is 4. The number of hydrogen-bond donors (Lipinski definition) is 2. The van der Waals surface area contributed by atoms with Crippen molar-refractivity contribution in [1.29, 1.82) is 0 Å². The molecule has 2 aromatic heterocycles. The van der Waals surface area contributed by atoms with Gasteiger partial charge in [0.1, 0.15) is 5.75 Å². The molecule has 2 atom stereocenters. The summed E-state index contributed by atoms with van der Waals surface area (Å²) in [6.07, 6.45) is 2.20. The lowest BCUT2D eigenvalue weighted by Crippen LogP contribution is -2.29. The molecule has 1 aliphatic heterocycles. The molecule has 0 spiro atoms. The number of nitrogens with zero attached hydrogens (tertiary/aromatic N) is 3. The number of rotatable bonds is 7. The molecule has 1 amide bonds. The average Bonchev–Trinajstić information content (AvgIpc) is 3.44. The molecule has 8 heteroatoms. The molecule has 0 aliphatic carbocycles. The zero-order valence-corrected chi connectivity index (χ0v) is 25.5. The summed E-state index contributed by atoms with van der Waals surface area (Å²) in [5.74, 6) is 0.500. The maximum absolute atomic E-state index is 12.1. The van der Waals surface area contributed by atoms with Crippen molar-refractivity contribution >= 4 is 34.6 Å². The number of carbonyl (C=O) groups is 1. The van der Waals surface area contributed by atoms with Gasteiger partial charge in [0.25, 0.3) is 0 Å². The van der Waals surface area contributed by atoms with Crippen LogP contribution in [0.1, 0.15) is 64.8 Å². The number of benzene rings is 2. The number of carbonyl (C=O) groups excluding carboxylic acids is 1. The monoisotopic (exact) mass is 567 g/mol. The summed E-state index contributed by atoms with van der Waals surface area (Å²) < 4.78 is 8.06. The predicted octanol–water partition coefficient (Wildman–Crippen LogP) is 6.95. The van der Waals surface area contributed by atoms with E-state index in [1.165, 1.54) is 22.4 Å². The van der Waals surface area contributed by atoms with Crippen molar-refractivity contribution in [2.24, 2.45) is 0 Å². The predicted molar refractivity (Wildman–Crippen MR) is 169 cm³/mol. The van der Waals surface area contributed by atoms with Crippen LogP contribution in [-0.2, 0) is 4.79 Å². The lowest BCUT2D eigenvalue weighted by atomic mass is 9.96. The van der Waals surface area contributed by atoms with Gasteiger partial charge in [-0.2, -0.15) is 0 Å². The van der Waals surface area contributed by atoms with Gasteiger partial charge in [0.2, 0.25) is 5.91 Å². The molecular formula is C33H37N5O2S. The second kappa shape index (κ2) is 11.4. The van der Waals surface area contributed by atoms with Gasteiger partial charge in [-0.25, -0.2) is 0 Å². The Balaban J connectivity index is 1.68. The molecule has 2 aromatic carbocycles. The Hall–Kier alpha value is -4.17. The first-order valence-corrected chi connectivity index (χ1v) is 14.3. The Morgan fingerprint density at radius 1 is 1.05 bits per heavy atom. The number of aromatic nitrogens is 2. The maximum Gasteiger partial charge on any atom is 0.224 e. The van der Waals surface area contributed by atoms with Crippen LogP contribution in [0.3, 0.4) is 0 Å². The molecule has 1 aliphatic rings. The van der Waals surface area contributed by atoms with Gasteiger partial charge in [0, 0.05) is 35.8 Å². The smallest absolute Gasteiger partial charge is 0.224 e. The fourth-order valence-corrected chi connectivity index (χ4v) is 6.42. The second-order valence-corrected chi connectivity index (χ2v) is 11.1. The van der Waals surface area contributed by atoms with Crippen LogP contribution in [0.5, 0.6) is 5.75 Å². The number of nitrogens with one attached hydrogen (secondary N) is 2. The van der Waals surface area contributed by atoms with E-state index in [-0.39, 0.29) is 18.0 Å². The molecule has 7 nitrogen and oxygen atoms in total. The molecule has 4 aromatic rings. The third-order valence-electron chi connectivity index (χ3n) is 7.80. The average molecular weight is 568 g/mol. The molecule has 212 valence electrons. The van der Waals surface area contributed by atoms with Gasteiger partial charge in [-0.05, 0) is 93.9 Å². The molecule has 5 rings (SSSR count). The molecule has 41 heavy (non-hydrogen) atoms. The van der Waals surface area contributed by atoms with Crippen LogP contribution in [0, 0.1) is 34.6 Å². The van der Waals surface area contributed by atoms with Crippen molar-refractivity contribution < 1.29 is 9.53 Å². The van der Waals surface area contributed by atoms with E-state index in [1.54, 1.807) is 7.11 Å². The third kappa shape index (κ3) is 5.20. The first-order chi connectivity index (χ1) is 19.6. The lowest BCUT2D eigenvalue weighted by molar-refractivity contribution is -0.115. The maximum atomic E-state index is 12.1. The highest BCUT2D eigenvalue weighted by molar-refractivity contribution is 7.80. The van der Waals surface area contributed by atoms with Crippen LogP contribution in [0.25, 0.3) is 5.69 Å². The standard InChI is InChI=1S/C33H37N5O2S/c1-8-29(39)35-26-13-12-24(18-28(26)40-7)38-32(30(36-33(38)41)27-11-9-10-14-34-27)25-17-22(5)37(23(25)6)31-20(3)15-19(2)16-21(31)4/h9-18,30,32H,8H2,1-7H3,(H,35,39)(H,36,41). The molecule has 2 N–H and O–H groups in total. The molecule has 2 unspecified atom stereocenters. The van der Waals surface area contributed by atoms with Gasteiger partial charge in [0.15, 0.2) is 5.11 Å². The van der Waals surface area contributed by atoms with E-state index in [0.29, 0.717) is 23.0 Å². The normalized spacial score (nSPS) is 16.6. The summed E-state index contributed by atoms with van der Waals surface area (Å²) >= 11 is 5.98. The van der Waals surface area contributed by atoms with Gasteiger partial charge in [-0.1, -0.05) is 30.7 Å². The Bertz CT molecular complexity index is 1610. The molecule has 1 fully saturated rings. The second-order valence-electron chi connectivity index (χ2n) is 10.7. The van der Waals surface area contributed by atoms with E-state index < -0.39 is 0 Å². The van der Waals surface area contributed by atoms with E-state index in [1.807, 2.05) is 49.5 Å². The Morgan fingerprint density at radius 3 is 2.41 bits per heavy atom. The fraction of sp³-hybridized carbons (Fsp3) is 0.303. The Morgan fingerprint density at radius 2 is 1.78 bits per heavy atom. The first kappa shape index (κ1) is 28.4. The van der Waals surface area contributed by atoms with Crippen LogP contribution in [0.2, 0.25) is 0 Å². The van der Waals surface area contributed by atoms with Gasteiger partial charge in [-0.3, -0.25) is 9.78 Å². The van der Waals surface area contributed by atoms with E-state index in [2.05, 4.69) is 72.9 Å². The summed E-state index contributed by atoms with van der Waals surface area (Å²) in [4.78, 5) is 19.0. The number of ether oxygens (including phenoxy) is 1. The summed E-state index contributed by atoms with van der Waals surface area (Å²) in [5.41, 5.74) is 10.8. The van der Waals surface area contributed by atoms with Crippen molar-refractivity contribution in [1.82, 2.24) is 14.9 Å². The zero-order valence-electron chi connectivity index (χ0n) is 24.7. The van der Waals surface area contributed by atoms with E-state index in [9.17, 15) is 4.79 Å². The Kier molecular flexibility index (Phi) is 7.87. The number of anilines is 2. The quantitative estimate of drug-likeness (QED) is 0.236. The minimum atomic E-state index is -0.177. The van der Waals surface area contributed by atoms with Crippen molar-refractivity contribution in [3.05, 3.63) is 100 Å². The number of methoxy groups -OCH3 is 1. The van der Waals surface area contributed by atoms with Gasteiger partial charge in [0.05, 0.1) is 36.3 Å². The van der Waals surface area contributed by atoms with Crippen LogP contribution < -0.4 is 20.3 Å². The molecule has 1 saturated heterocycles. The molecule has 0 bridgehead atoms. The minimum absolute atomic E-state index is 0.0726. The number of pyridine rings is 1. The fourth-order valence-electron chi connectivity index (χ4n) is 6.08. The lowest BCUT2D eigenvalue weighted by Gasteiger charge is -2.29. The van der Waals surface area contributed by atoms with Crippen molar-refractivity contribution in [2.45, 2.75) is 60.0 Å². The van der Waals surface area contributed by atoms with E-state index >= 15 is 0 Å². The van der Waals surface area contributed by atoms with Gasteiger partial charge in [-0.15, -0.1) is 0 Å². The summed E-state index contributed by atoms with van der Waals surface area (Å²) in [7, 11) is 1.61. The van der Waals surface area contributed by atoms with Crippen LogP contribution in [0.15, 0.2) is 60.8 Å². The first-order valence-electron chi connectivity index (χ1n) is 13.9. The molecule has 0 radical (unpaired) electrons. The highest BCUT2D eigenvalue weighted by Gasteiger charge is 2.42. The van der Waals surface area contributed by atoms with Crippen LogP contribution in [-0.4, -0.2) is 27.7 Å². The van der Waals surface area contributed by atoms with Crippen molar-refractivity contribution in [2.75, 3.05) is 17.3 Å². The zero-order chi connectivity index (χ0) is 29.4. The van der Waals surface area contributed by atoms with Crippen LogP contribution >= 0.6 is 12.2 Å². The van der Waals surface area contributed by atoms with Crippen molar-refractivity contribution in [3.8, 4) is 11.4 Å². The molecule has 3 heterocycles. The van der Waals surface area contributed by atoms with Gasteiger partial charge >= 0.3 is 0 Å². The number of amides is 1. The largest absolute Gasteiger partial charge is 0.494 e. The number of hydrogen-bond acceptors (Lipinski definition) is 4. The topological polar surface area (TPSA) is 71.4 Å². The highest BCUT2D eigenvalue weighted by atomic mass is 32.1.